The molecule has 3 rings (SSSR count). The maximum atomic E-state index is 12.5. The molecule has 1 N–H and O–H groups in total. The summed E-state index contributed by atoms with van der Waals surface area (Å²) in [4.78, 5) is 14.9. The maximum Gasteiger partial charge on any atom is 0.471 e. The maximum absolute atomic E-state index is 12.5. The number of hydrogen-bond acceptors (Lipinski definition) is 4. The quantitative estimate of drug-likeness (QED) is 0.937. The first kappa shape index (κ1) is 15.5. The Balaban J connectivity index is 1.80. The second-order valence-electron chi connectivity index (χ2n) is 5.48. The molecule has 0 aliphatic heterocycles. The van der Waals surface area contributed by atoms with Crippen molar-refractivity contribution in [1.82, 2.24) is 15.5 Å². The van der Waals surface area contributed by atoms with E-state index >= 15 is 0 Å². The first-order valence-corrected chi connectivity index (χ1v) is 7.17. The molecular formula is C15H14F3N3O2. The fourth-order valence-electron chi connectivity index (χ4n) is 2.36. The van der Waals surface area contributed by atoms with Gasteiger partial charge in [0.1, 0.15) is 0 Å². The van der Waals surface area contributed by atoms with E-state index in [1.54, 1.807) is 31.2 Å². The van der Waals surface area contributed by atoms with Crippen LogP contribution in [0.1, 0.15) is 37.6 Å². The van der Waals surface area contributed by atoms with Crippen LogP contribution in [-0.4, -0.2) is 16.0 Å². The minimum atomic E-state index is -4.66. The second kappa shape index (κ2) is 5.36. The van der Waals surface area contributed by atoms with Crippen molar-refractivity contribution in [2.24, 2.45) is 0 Å². The zero-order valence-electron chi connectivity index (χ0n) is 12.3. The highest BCUT2D eigenvalue weighted by Gasteiger charge is 2.45. The molecule has 122 valence electrons. The molecule has 1 aromatic heterocycles. The third kappa shape index (κ3) is 3.06. The summed E-state index contributed by atoms with van der Waals surface area (Å²) in [6.07, 6.45) is -2.56. The lowest BCUT2D eigenvalue weighted by Gasteiger charge is -2.17. The van der Waals surface area contributed by atoms with E-state index in [1.165, 1.54) is 0 Å². The van der Waals surface area contributed by atoms with Gasteiger partial charge < -0.3 is 9.84 Å². The van der Waals surface area contributed by atoms with Crippen LogP contribution < -0.4 is 5.32 Å². The number of nitrogens with zero attached hydrogens (tertiary/aromatic N) is 2. The third-order valence-electron chi connectivity index (χ3n) is 3.81. The van der Waals surface area contributed by atoms with Gasteiger partial charge in [-0.15, -0.1) is 0 Å². The van der Waals surface area contributed by atoms with Crippen LogP contribution in [0, 0.1) is 0 Å². The summed E-state index contributed by atoms with van der Waals surface area (Å²) in [6.45, 7) is 1.78. The summed E-state index contributed by atoms with van der Waals surface area (Å²) in [7, 11) is 0. The number of hydrogen-bond donors (Lipinski definition) is 1. The van der Waals surface area contributed by atoms with Crippen molar-refractivity contribution < 1.29 is 22.5 Å². The Labute approximate surface area is 129 Å². The number of carbonyl (C=O) groups excluding carboxylic acids is 1. The predicted molar refractivity (Wildman–Crippen MR) is 74.1 cm³/mol. The molecule has 0 atom stereocenters. The van der Waals surface area contributed by atoms with E-state index in [-0.39, 0.29) is 17.3 Å². The fourth-order valence-corrected chi connectivity index (χ4v) is 2.36. The molecular weight excluding hydrogens is 311 g/mol. The van der Waals surface area contributed by atoms with Gasteiger partial charge in [0.25, 0.3) is 0 Å². The standard InChI is InChI=1S/C15H14F3N3O2/c1-2-11(22)20-14(7-8-14)10-5-3-9(4-6-10)12-19-13(23-21-12)15(16,17)18/h3-6H,2,7-8H2,1H3,(H,20,22). The lowest BCUT2D eigenvalue weighted by Crippen LogP contribution is -2.34. The molecule has 1 aliphatic rings. The van der Waals surface area contributed by atoms with Crippen molar-refractivity contribution in [3.05, 3.63) is 35.7 Å². The Morgan fingerprint density at radius 3 is 2.43 bits per heavy atom. The zero-order chi connectivity index (χ0) is 16.7. The molecule has 1 saturated carbocycles. The summed E-state index contributed by atoms with van der Waals surface area (Å²) in [5, 5.41) is 6.33. The van der Waals surface area contributed by atoms with Crippen molar-refractivity contribution >= 4 is 5.91 Å². The van der Waals surface area contributed by atoms with E-state index in [0.717, 1.165) is 18.4 Å². The lowest BCUT2D eigenvalue weighted by atomic mass is 10.0. The fraction of sp³-hybridized carbons (Fsp3) is 0.400. The highest BCUT2D eigenvalue weighted by molar-refractivity contribution is 5.77. The van der Waals surface area contributed by atoms with E-state index in [4.69, 9.17) is 0 Å². The summed E-state index contributed by atoms with van der Waals surface area (Å²) < 4.78 is 41.6. The molecule has 1 aliphatic carbocycles. The van der Waals surface area contributed by atoms with Crippen LogP contribution >= 0.6 is 0 Å². The molecule has 2 aromatic rings. The number of halogens is 3. The van der Waals surface area contributed by atoms with Gasteiger partial charge in [0, 0.05) is 12.0 Å². The molecule has 0 spiro atoms. The number of rotatable bonds is 4. The molecule has 5 nitrogen and oxygen atoms in total. The second-order valence-corrected chi connectivity index (χ2v) is 5.48. The summed E-state index contributed by atoms with van der Waals surface area (Å²) in [6, 6.07) is 6.78. The van der Waals surface area contributed by atoms with Crippen LogP contribution in [0.15, 0.2) is 28.8 Å². The van der Waals surface area contributed by atoms with Gasteiger partial charge >= 0.3 is 12.1 Å². The molecule has 0 radical (unpaired) electrons. The van der Waals surface area contributed by atoms with Gasteiger partial charge in [0.2, 0.25) is 11.7 Å². The largest absolute Gasteiger partial charge is 0.471 e. The molecule has 1 aromatic carbocycles. The van der Waals surface area contributed by atoms with Crippen LogP contribution in [0.5, 0.6) is 0 Å². The Morgan fingerprint density at radius 1 is 1.30 bits per heavy atom. The average Bonchev–Trinajstić information content (AvgIpc) is 3.11. The number of aromatic nitrogens is 2. The molecule has 0 bridgehead atoms. The minimum absolute atomic E-state index is 0.0282. The Hall–Kier alpha value is -2.38. The molecule has 1 fully saturated rings. The summed E-state index contributed by atoms with van der Waals surface area (Å²) in [5.41, 5.74) is 0.994. The van der Waals surface area contributed by atoms with Crippen LogP contribution in [-0.2, 0) is 16.5 Å². The SMILES string of the molecule is CCC(=O)NC1(c2ccc(-c3noc(C(F)(F)F)n3)cc2)CC1. The third-order valence-corrected chi connectivity index (χ3v) is 3.81. The first-order chi connectivity index (χ1) is 10.8. The number of alkyl halides is 3. The smallest absolute Gasteiger partial charge is 0.347 e. The first-order valence-electron chi connectivity index (χ1n) is 7.17. The van der Waals surface area contributed by atoms with E-state index in [9.17, 15) is 18.0 Å². The van der Waals surface area contributed by atoms with Gasteiger partial charge in [-0.1, -0.05) is 36.3 Å². The Morgan fingerprint density at radius 2 is 1.96 bits per heavy atom. The number of carbonyl (C=O) groups is 1. The lowest BCUT2D eigenvalue weighted by molar-refractivity contribution is -0.159. The highest BCUT2D eigenvalue weighted by Crippen LogP contribution is 2.45. The van der Waals surface area contributed by atoms with Crippen LogP contribution in [0.25, 0.3) is 11.4 Å². The van der Waals surface area contributed by atoms with Crippen molar-refractivity contribution in [2.45, 2.75) is 37.9 Å². The van der Waals surface area contributed by atoms with Gasteiger partial charge in [0.05, 0.1) is 5.54 Å². The zero-order valence-corrected chi connectivity index (χ0v) is 12.3. The molecule has 1 heterocycles. The van der Waals surface area contributed by atoms with Gasteiger partial charge in [-0.3, -0.25) is 4.79 Å². The van der Waals surface area contributed by atoms with Crippen LogP contribution in [0.2, 0.25) is 0 Å². The van der Waals surface area contributed by atoms with Gasteiger partial charge in [0.15, 0.2) is 0 Å². The molecule has 1 amide bonds. The molecule has 0 saturated heterocycles. The number of benzene rings is 1. The van der Waals surface area contributed by atoms with Crippen molar-refractivity contribution in [2.75, 3.05) is 0 Å². The van der Waals surface area contributed by atoms with Gasteiger partial charge in [-0.2, -0.15) is 18.2 Å². The van der Waals surface area contributed by atoms with Crippen LogP contribution in [0.4, 0.5) is 13.2 Å². The van der Waals surface area contributed by atoms with Crippen molar-refractivity contribution in [3.8, 4) is 11.4 Å². The normalized spacial score (nSPS) is 16.2. The Bertz CT molecular complexity index is 718. The van der Waals surface area contributed by atoms with E-state index < -0.39 is 12.1 Å². The molecule has 8 heteroatoms. The monoisotopic (exact) mass is 325 g/mol. The van der Waals surface area contributed by atoms with Crippen molar-refractivity contribution in [3.63, 3.8) is 0 Å². The van der Waals surface area contributed by atoms with Crippen LogP contribution in [0.3, 0.4) is 0 Å². The Kier molecular flexibility index (Phi) is 3.62. The van der Waals surface area contributed by atoms with E-state index in [1.807, 2.05) is 0 Å². The highest BCUT2D eigenvalue weighted by atomic mass is 19.4. The van der Waals surface area contributed by atoms with Gasteiger partial charge in [-0.05, 0) is 18.4 Å². The minimum Gasteiger partial charge on any atom is -0.347 e. The summed E-state index contributed by atoms with van der Waals surface area (Å²) in [5.74, 6) is -1.52. The van der Waals surface area contributed by atoms with E-state index in [0.29, 0.717) is 12.0 Å². The average molecular weight is 325 g/mol. The predicted octanol–water partition coefficient (Wildman–Crippen LogP) is 3.27. The van der Waals surface area contributed by atoms with Gasteiger partial charge in [-0.25, -0.2) is 0 Å². The molecule has 23 heavy (non-hydrogen) atoms. The van der Waals surface area contributed by atoms with Crippen molar-refractivity contribution in [1.29, 1.82) is 0 Å². The number of amides is 1. The number of nitrogens with one attached hydrogen (secondary N) is 1. The van der Waals surface area contributed by atoms with E-state index in [2.05, 4.69) is 20.0 Å². The molecule has 0 unspecified atom stereocenters. The topological polar surface area (TPSA) is 68.0 Å². The summed E-state index contributed by atoms with van der Waals surface area (Å²) >= 11 is 0.